The second-order valence-corrected chi connectivity index (χ2v) is 4.75. The zero-order chi connectivity index (χ0) is 12.7. The number of benzene rings is 1. The van der Waals surface area contributed by atoms with E-state index in [-0.39, 0.29) is 5.91 Å². The maximum Gasteiger partial charge on any atom is 0.234 e. The summed E-state index contributed by atoms with van der Waals surface area (Å²) >= 11 is 3.36. The number of halogens is 1. The van der Waals surface area contributed by atoms with Gasteiger partial charge in [-0.3, -0.25) is 10.2 Å². The standard InChI is InChI=1S/C12H17BrN2O2/c1-15(2)14-12(16)4-3-9-17-11-7-5-10(13)6-8-11/h5-8H,3-4,9H2,1-2H3,(H,14,16). The van der Waals surface area contributed by atoms with Gasteiger partial charge >= 0.3 is 0 Å². The zero-order valence-corrected chi connectivity index (χ0v) is 11.7. The van der Waals surface area contributed by atoms with Crippen LogP contribution < -0.4 is 10.2 Å². The molecule has 0 atom stereocenters. The third kappa shape index (κ3) is 6.28. The first-order chi connectivity index (χ1) is 8.08. The summed E-state index contributed by atoms with van der Waals surface area (Å²) in [6.07, 6.45) is 1.17. The Morgan fingerprint density at radius 2 is 2.00 bits per heavy atom. The Balaban J connectivity index is 2.16. The molecule has 1 amide bonds. The topological polar surface area (TPSA) is 41.6 Å². The predicted octanol–water partition coefficient (Wildman–Crippen LogP) is 2.20. The number of hydrogen-bond acceptors (Lipinski definition) is 3. The number of nitrogens with one attached hydrogen (secondary N) is 1. The van der Waals surface area contributed by atoms with E-state index >= 15 is 0 Å². The van der Waals surface area contributed by atoms with Crippen LogP contribution in [0.2, 0.25) is 0 Å². The lowest BCUT2D eigenvalue weighted by molar-refractivity contribution is -0.125. The predicted molar refractivity (Wildman–Crippen MR) is 70.7 cm³/mol. The molecule has 0 bridgehead atoms. The molecule has 0 unspecified atom stereocenters. The maximum atomic E-state index is 11.3. The van der Waals surface area contributed by atoms with E-state index in [0.717, 1.165) is 10.2 Å². The highest BCUT2D eigenvalue weighted by molar-refractivity contribution is 9.10. The molecule has 94 valence electrons. The van der Waals surface area contributed by atoms with Crippen LogP contribution in [0.5, 0.6) is 5.75 Å². The molecule has 0 aliphatic carbocycles. The summed E-state index contributed by atoms with van der Waals surface area (Å²) in [7, 11) is 3.58. The first kappa shape index (κ1) is 14.0. The number of carbonyl (C=O) groups excluding carboxylic acids is 1. The van der Waals surface area contributed by atoms with Crippen molar-refractivity contribution in [1.82, 2.24) is 10.4 Å². The lowest BCUT2D eigenvalue weighted by atomic mass is 10.3. The van der Waals surface area contributed by atoms with Gasteiger partial charge in [0.1, 0.15) is 5.75 Å². The van der Waals surface area contributed by atoms with Crippen molar-refractivity contribution in [1.29, 1.82) is 0 Å². The summed E-state index contributed by atoms with van der Waals surface area (Å²) in [5.41, 5.74) is 2.68. The molecular weight excluding hydrogens is 284 g/mol. The molecule has 0 aliphatic rings. The summed E-state index contributed by atoms with van der Waals surface area (Å²) in [5.74, 6) is 0.829. The van der Waals surface area contributed by atoms with E-state index in [4.69, 9.17) is 4.74 Å². The molecule has 1 aromatic rings. The number of hydrazine groups is 1. The highest BCUT2D eigenvalue weighted by Crippen LogP contribution is 2.16. The number of amides is 1. The van der Waals surface area contributed by atoms with Gasteiger partial charge in [0, 0.05) is 25.0 Å². The molecule has 0 radical (unpaired) electrons. The van der Waals surface area contributed by atoms with Crippen LogP contribution in [0.4, 0.5) is 0 Å². The highest BCUT2D eigenvalue weighted by atomic mass is 79.9. The lowest BCUT2D eigenvalue weighted by Gasteiger charge is -2.11. The third-order valence-electron chi connectivity index (χ3n) is 1.98. The highest BCUT2D eigenvalue weighted by Gasteiger charge is 2.01. The fourth-order valence-electron chi connectivity index (χ4n) is 1.26. The third-order valence-corrected chi connectivity index (χ3v) is 2.51. The van der Waals surface area contributed by atoms with Gasteiger partial charge in [0.2, 0.25) is 5.91 Å². The van der Waals surface area contributed by atoms with Crippen LogP contribution in [-0.2, 0) is 4.79 Å². The van der Waals surface area contributed by atoms with Gasteiger partial charge in [-0.1, -0.05) is 15.9 Å². The van der Waals surface area contributed by atoms with Crippen molar-refractivity contribution in [2.75, 3.05) is 20.7 Å². The van der Waals surface area contributed by atoms with Gasteiger partial charge in [0.15, 0.2) is 0 Å². The molecule has 0 saturated carbocycles. The van der Waals surface area contributed by atoms with Gasteiger partial charge in [0.25, 0.3) is 0 Å². The van der Waals surface area contributed by atoms with Crippen molar-refractivity contribution < 1.29 is 9.53 Å². The van der Waals surface area contributed by atoms with Gasteiger partial charge in [-0.25, -0.2) is 5.01 Å². The number of hydrogen-bond donors (Lipinski definition) is 1. The van der Waals surface area contributed by atoms with Crippen molar-refractivity contribution >= 4 is 21.8 Å². The molecular formula is C12H17BrN2O2. The van der Waals surface area contributed by atoms with Crippen LogP contribution in [0, 0.1) is 0 Å². The first-order valence-corrected chi connectivity index (χ1v) is 6.22. The summed E-state index contributed by atoms with van der Waals surface area (Å²) in [6.45, 7) is 0.544. The van der Waals surface area contributed by atoms with Gasteiger partial charge in [-0.05, 0) is 30.7 Å². The van der Waals surface area contributed by atoms with E-state index in [9.17, 15) is 4.79 Å². The number of nitrogens with zero attached hydrogens (tertiary/aromatic N) is 1. The molecule has 1 aromatic carbocycles. The van der Waals surface area contributed by atoms with Crippen LogP contribution in [0.25, 0.3) is 0 Å². The van der Waals surface area contributed by atoms with E-state index < -0.39 is 0 Å². The SMILES string of the molecule is CN(C)NC(=O)CCCOc1ccc(Br)cc1. The monoisotopic (exact) mass is 300 g/mol. The molecule has 0 aromatic heterocycles. The molecule has 0 saturated heterocycles. The molecule has 0 spiro atoms. The first-order valence-electron chi connectivity index (χ1n) is 5.43. The van der Waals surface area contributed by atoms with Crippen molar-refractivity contribution in [3.8, 4) is 5.75 Å². The van der Waals surface area contributed by atoms with Crippen molar-refractivity contribution in [2.24, 2.45) is 0 Å². The largest absolute Gasteiger partial charge is 0.494 e. The van der Waals surface area contributed by atoms with Crippen molar-refractivity contribution in [3.05, 3.63) is 28.7 Å². The van der Waals surface area contributed by atoms with E-state index in [1.807, 2.05) is 24.3 Å². The van der Waals surface area contributed by atoms with Crippen LogP contribution in [0.15, 0.2) is 28.7 Å². The van der Waals surface area contributed by atoms with Gasteiger partial charge in [0.05, 0.1) is 6.61 Å². The van der Waals surface area contributed by atoms with Gasteiger partial charge in [-0.2, -0.15) is 0 Å². The quantitative estimate of drug-likeness (QED) is 0.647. The maximum absolute atomic E-state index is 11.3. The van der Waals surface area contributed by atoms with Crippen molar-refractivity contribution in [3.63, 3.8) is 0 Å². The fraction of sp³-hybridized carbons (Fsp3) is 0.417. The molecule has 0 aliphatic heterocycles. The Kier molecular flexibility index (Phi) is 6.00. The summed E-state index contributed by atoms with van der Waals surface area (Å²) < 4.78 is 6.53. The van der Waals surface area contributed by atoms with Crippen LogP contribution in [0.3, 0.4) is 0 Å². The summed E-state index contributed by atoms with van der Waals surface area (Å²) in [4.78, 5) is 11.3. The second kappa shape index (κ2) is 7.29. The lowest BCUT2D eigenvalue weighted by Crippen LogP contribution is -2.36. The Hall–Kier alpha value is -1.07. The average Bonchev–Trinajstić information content (AvgIpc) is 2.26. The van der Waals surface area contributed by atoms with E-state index in [0.29, 0.717) is 19.4 Å². The second-order valence-electron chi connectivity index (χ2n) is 3.84. The van der Waals surface area contributed by atoms with E-state index in [2.05, 4.69) is 21.4 Å². The summed E-state index contributed by atoms with van der Waals surface area (Å²) in [6, 6.07) is 7.64. The fourth-order valence-corrected chi connectivity index (χ4v) is 1.52. The molecule has 0 fully saturated rings. The van der Waals surface area contributed by atoms with Gasteiger partial charge < -0.3 is 4.74 Å². The Morgan fingerprint density at radius 3 is 2.59 bits per heavy atom. The van der Waals surface area contributed by atoms with Gasteiger partial charge in [-0.15, -0.1) is 0 Å². The van der Waals surface area contributed by atoms with Crippen LogP contribution in [0.1, 0.15) is 12.8 Å². The van der Waals surface area contributed by atoms with Crippen LogP contribution >= 0.6 is 15.9 Å². The number of carbonyl (C=O) groups is 1. The summed E-state index contributed by atoms with van der Waals surface area (Å²) in [5, 5.41) is 1.64. The van der Waals surface area contributed by atoms with Crippen LogP contribution in [-0.4, -0.2) is 31.6 Å². The Morgan fingerprint density at radius 1 is 1.35 bits per heavy atom. The van der Waals surface area contributed by atoms with E-state index in [1.54, 1.807) is 19.1 Å². The minimum absolute atomic E-state index is 0.00871. The molecule has 4 nitrogen and oxygen atoms in total. The normalized spacial score (nSPS) is 10.4. The average molecular weight is 301 g/mol. The minimum Gasteiger partial charge on any atom is -0.494 e. The molecule has 1 N–H and O–H groups in total. The Labute approximate surface area is 110 Å². The molecule has 17 heavy (non-hydrogen) atoms. The smallest absolute Gasteiger partial charge is 0.234 e. The van der Waals surface area contributed by atoms with E-state index in [1.165, 1.54) is 0 Å². The zero-order valence-electron chi connectivity index (χ0n) is 10.1. The Bertz CT molecular complexity index is 352. The molecule has 1 rings (SSSR count). The molecule has 0 heterocycles. The number of ether oxygens (including phenoxy) is 1. The molecule has 5 heteroatoms. The minimum atomic E-state index is 0.00871. The number of rotatable bonds is 6. The van der Waals surface area contributed by atoms with Crippen molar-refractivity contribution in [2.45, 2.75) is 12.8 Å².